The first-order chi connectivity index (χ1) is 16.4. The standard InChI is InChI=1S/C27H34N2O5/c1-3-16-29(17-15-26(31)32)25(30)14-13-19(4-2)28-27(33)34-18-24-22-11-7-5-9-20(22)21-10-6-8-12-23(21)24/h5-12,19,24H,3-4,13-18H2,1-2H3,(H,28,33)(H,31,32). The Morgan fingerprint density at radius 3 is 2.15 bits per heavy atom. The second-order valence-electron chi connectivity index (χ2n) is 8.64. The van der Waals surface area contributed by atoms with E-state index in [-0.39, 0.29) is 43.9 Å². The average Bonchev–Trinajstić information content (AvgIpc) is 3.16. The maximum absolute atomic E-state index is 12.6. The molecule has 2 amide bonds. The Kier molecular flexibility index (Phi) is 9.08. The van der Waals surface area contributed by atoms with E-state index < -0.39 is 12.1 Å². The number of carboxylic acids is 1. The summed E-state index contributed by atoms with van der Waals surface area (Å²) >= 11 is 0. The van der Waals surface area contributed by atoms with Gasteiger partial charge in [-0.3, -0.25) is 9.59 Å². The van der Waals surface area contributed by atoms with E-state index in [0.29, 0.717) is 19.4 Å². The fraction of sp³-hybridized carbons (Fsp3) is 0.444. The molecule has 0 bridgehead atoms. The van der Waals surface area contributed by atoms with Gasteiger partial charge in [0.25, 0.3) is 0 Å². The third-order valence-electron chi connectivity index (χ3n) is 6.31. The van der Waals surface area contributed by atoms with Gasteiger partial charge in [0.1, 0.15) is 6.61 Å². The molecule has 7 heteroatoms. The van der Waals surface area contributed by atoms with Crippen LogP contribution in [0.25, 0.3) is 11.1 Å². The lowest BCUT2D eigenvalue weighted by molar-refractivity contribution is -0.138. The van der Waals surface area contributed by atoms with Gasteiger partial charge in [-0.25, -0.2) is 4.79 Å². The minimum absolute atomic E-state index is 0.00311. The first-order valence-electron chi connectivity index (χ1n) is 12.1. The summed E-state index contributed by atoms with van der Waals surface area (Å²) in [6.07, 6.45) is 1.61. The minimum Gasteiger partial charge on any atom is -0.481 e. The Hall–Kier alpha value is -3.35. The number of aliphatic carboxylic acids is 1. The van der Waals surface area contributed by atoms with Crippen LogP contribution in [-0.2, 0) is 14.3 Å². The Labute approximate surface area is 201 Å². The lowest BCUT2D eigenvalue weighted by Gasteiger charge is -2.23. The fourth-order valence-corrected chi connectivity index (χ4v) is 4.50. The van der Waals surface area contributed by atoms with E-state index in [1.54, 1.807) is 4.90 Å². The van der Waals surface area contributed by atoms with Crippen LogP contribution in [0.4, 0.5) is 4.79 Å². The van der Waals surface area contributed by atoms with E-state index in [9.17, 15) is 14.4 Å². The van der Waals surface area contributed by atoms with Crippen LogP contribution < -0.4 is 5.32 Å². The predicted molar refractivity (Wildman–Crippen MR) is 131 cm³/mol. The molecule has 1 aliphatic rings. The van der Waals surface area contributed by atoms with Crippen LogP contribution in [0.15, 0.2) is 48.5 Å². The maximum atomic E-state index is 12.6. The van der Waals surface area contributed by atoms with Crippen LogP contribution in [-0.4, -0.2) is 53.7 Å². The number of hydrogen-bond donors (Lipinski definition) is 2. The second kappa shape index (κ2) is 12.2. The summed E-state index contributed by atoms with van der Waals surface area (Å²) in [6, 6.07) is 16.2. The van der Waals surface area contributed by atoms with Crippen LogP contribution in [0.2, 0.25) is 0 Å². The molecule has 0 saturated heterocycles. The van der Waals surface area contributed by atoms with Gasteiger partial charge in [-0.1, -0.05) is 62.4 Å². The third-order valence-corrected chi connectivity index (χ3v) is 6.31. The number of amides is 2. The van der Waals surface area contributed by atoms with Crippen molar-refractivity contribution in [2.45, 2.75) is 57.9 Å². The van der Waals surface area contributed by atoms with Crippen LogP contribution in [0.5, 0.6) is 0 Å². The topological polar surface area (TPSA) is 95.9 Å². The number of nitrogens with one attached hydrogen (secondary N) is 1. The van der Waals surface area contributed by atoms with Gasteiger partial charge in [0.05, 0.1) is 6.42 Å². The summed E-state index contributed by atoms with van der Waals surface area (Å²) in [5.74, 6) is -1.01. The zero-order valence-electron chi connectivity index (χ0n) is 20.0. The molecule has 1 aliphatic carbocycles. The molecule has 1 unspecified atom stereocenters. The van der Waals surface area contributed by atoms with Gasteiger partial charge in [-0.15, -0.1) is 0 Å². The molecule has 0 spiro atoms. The molecule has 3 rings (SSSR count). The van der Waals surface area contributed by atoms with E-state index in [2.05, 4.69) is 29.6 Å². The summed E-state index contributed by atoms with van der Waals surface area (Å²) in [7, 11) is 0. The summed E-state index contributed by atoms with van der Waals surface area (Å²) in [6.45, 7) is 4.89. The van der Waals surface area contributed by atoms with Crippen LogP contribution >= 0.6 is 0 Å². The number of alkyl carbamates (subject to hydrolysis) is 1. The Bertz CT molecular complexity index is 961. The molecule has 0 fully saturated rings. The molecule has 0 saturated carbocycles. The minimum atomic E-state index is -0.919. The molecule has 182 valence electrons. The van der Waals surface area contributed by atoms with Gasteiger partial charge in [0, 0.05) is 31.5 Å². The molecule has 34 heavy (non-hydrogen) atoms. The van der Waals surface area contributed by atoms with E-state index in [0.717, 1.165) is 17.5 Å². The van der Waals surface area contributed by atoms with Crippen molar-refractivity contribution in [3.63, 3.8) is 0 Å². The van der Waals surface area contributed by atoms with Gasteiger partial charge in [0.2, 0.25) is 5.91 Å². The number of fused-ring (bicyclic) bond motifs is 3. The summed E-state index contributed by atoms with van der Waals surface area (Å²) in [5.41, 5.74) is 4.67. The smallest absolute Gasteiger partial charge is 0.407 e. The Morgan fingerprint density at radius 2 is 1.59 bits per heavy atom. The highest BCUT2D eigenvalue weighted by Gasteiger charge is 2.29. The second-order valence-corrected chi connectivity index (χ2v) is 8.64. The van der Waals surface area contributed by atoms with Crippen molar-refractivity contribution < 1.29 is 24.2 Å². The van der Waals surface area contributed by atoms with Crippen LogP contribution in [0.3, 0.4) is 0 Å². The first-order valence-corrected chi connectivity index (χ1v) is 12.1. The van der Waals surface area contributed by atoms with Crippen LogP contribution in [0, 0.1) is 0 Å². The average molecular weight is 467 g/mol. The van der Waals surface area contributed by atoms with Gasteiger partial charge in [-0.05, 0) is 41.5 Å². The zero-order chi connectivity index (χ0) is 24.5. The number of rotatable bonds is 12. The van der Waals surface area contributed by atoms with Crippen molar-refractivity contribution in [3.8, 4) is 11.1 Å². The van der Waals surface area contributed by atoms with Crippen molar-refractivity contribution in [1.82, 2.24) is 10.2 Å². The lowest BCUT2D eigenvalue weighted by Crippen LogP contribution is -2.38. The molecule has 7 nitrogen and oxygen atoms in total. The monoisotopic (exact) mass is 466 g/mol. The van der Waals surface area contributed by atoms with Crippen molar-refractivity contribution in [2.24, 2.45) is 0 Å². The first kappa shape index (κ1) is 25.3. The van der Waals surface area contributed by atoms with Crippen molar-refractivity contribution >= 4 is 18.0 Å². The molecular formula is C27H34N2O5. The van der Waals surface area contributed by atoms with Gasteiger partial charge in [0.15, 0.2) is 0 Å². The number of carboxylic acid groups (broad SMARTS) is 1. The van der Waals surface area contributed by atoms with Crippen LogP contribution in [0.1, 0.15) is 63.0 Å². The zero-order valence-corrected chi connectivity index (χ0v) is 20.0. The molecule has 0 aliphatic heterocycles. The van der Waals surface area contributed by atoms with Crippen molar-refractivity contribution in [1.29, 1.82) is 0 Å². The normalized spacial score (nSPS) is 13.0. The number of hydrogen-bond acceptors (Lipinski definition) is 4. The summed E-state index contributed by atoms with van der Waals surface area (Å²) in [4.78, 5) is 37.6. The van der Waals surface area contributed by atoms with Gasteiger partial charge in [-0.2, -0.15) is 0 Å². The SMILES string of the molecule is CCCN(CCC(=O)O)C(=O)CCC(CC)NC(=O)OCC1c2ccccc2-c2ccccc21. The van der Waals surface area contributed by atoms with Gasteiger partial charge >= 0.3 is 12.1 Å². The highest BCUT2D eigenvalue weighted by molar-refractivity contribution is 5.79. The predicted octanol–water partition coefficient (Wildman–Crippen LogP) is 4.80. The fourth-order valence-electron chi connectivity index (χ4n) is 4.50. The molecule has 1 atom stereocenters. The number of benzene rings is 2. The molecule has 0 heterocycles. The number of carbonyl (C=O) groups is 3. The highest BCUT2D eigenvalue weighted by atomic mass is 16.5. The molecule has 0 aromatic heterocycles. The highest BCUT2D eigenvalue weighted by Crippen LogP contribution is 2.44. The molecule has 2 N–H and O–H groups in total. The largest absolute Gasteiger partial charge is 0.481 e. The molecule has 0 radical (unpaired) electrons. The van der Waals surface area contributed by atoms with E-state index in [4.69, 9.17) is 9.84 Å². The number of carbonyl (C=O) groups excluding carboxylic acids is 2. The van der Waals surface area contributed by atoms with Crippen molar-refractivity contribution in [2.75, 3.05) is 19.7 Å². The third kappa shape index (κ3) is 6.37. The molecule has 2 aromatic carbocycles. The van der Waals surface area contributed by atoms with E-state index in [1.807, 2.05) is 38.1 Å². The summed E-state index contributed by atoms with van der Waals surface area (Å²) in [5, 5.41) is 11.8. The van der Waals surface area contributed by atoms with E-state index >= 15 is 0 Å². The van der Waals surface area contributed by atoms with E-state index in [1.165, 1.54) is 11.1 Å². The lowest BCUT2D eigenvalue weighted by atomic mass is 9.98. The Morgan fingerprint density at radius 1 is 0.971 bits per heavy atom. The van der Waals surface area contributed by atoms with Gasteiger partial charge < -0.3 is 20.1 Å². The molecule has 2 aromatic rings. The molecular weight excluding hydrogens is 432 g/mol. The Balaban J connectivity index is 1.52. The summed E-state index contributed by atoms with van der Waals surface area (Å²) < 4.78 is 5.62. The number of ether oxygens (including phenoxy) is 1. The number of nitrogens with zero attached hydrogens (tertiary/aromatic N) is 1. The maximum Gasteiger partial charge on any atom is 0.407 e. The quantitative estimate of drug-likeness (QED) is 0.469. The van der Waals surface area contributed by atoms with Crippen molar-refractivity contribution in [3.05, 3.63) is 59.7 Å².